The molecule has 0 radical (unpaired) electrons. The highest BCUT2D eigenvalue weighted by Gasteiger charge is 2.47. The van der Waals surface area contributed by atoms with Crippen LogP contribution in [0.1, 0.15) is 25.0 Å². The van der Waals surface area contributed by atoms with Crippen LogP contribution in [-0.2, 0) is 30.8 Å². The molecular formula is C30H37N5O8S2. The fraction of sp³-hybridized carbons (Fsp3) is 0.400. The number of benzene rings is 2. The zero-order chi connectivity index (χ0) is 32.8. The molecule has 1 saturated heterocycles. The summed E-state index contributed by atoms with van der Waals surface area (Å²) in [6, 6.07) is 13.5. The number of hydrogen-bond acceptors (Lipinski definition) is 11. The molecule has 1 aliphatic heterocycles. The lowest BCUT2D eigenvalue weighted by molar-refractivity contribution is -0.152. The Morgan fingerprint density at radius 2 is 1.73 bits per heavy atom. The summed E-state index contributed by atoms with van der Waals surface area (Å²) in [4.78, 5) is 41.1. The first-order valence-corrected chi connectivity index (χ1v) is 16.6. The van der Waals surface area contributed by atoms with Gasteiger partial charge in [0.1, 0.15) is 36.1 Å². The van der Waals surface area contributed by atoms with Gasteiger partial charge < -0.3 is 19.1 Å². The number of nitrogens with one attached hydrogen (secondary N) is 2. The number of carbonyl (C=O) groups is 3. The maximum Gasteiger partial charge on any atom is 0.414 e. The molecule has 242 valence electrons. The Morgan fingerprint density at radius 1 is 1.04 bits per heavy atom. The van der Waals surface area contributed by atoms with E-state index in [2.05, 4.69) is 15.5 Å². The molecule has 0 bridgehead atoms. The van der Waals surface area contributed by atoms with E-state index in [0.29, 0.717) is 21.4 Å². The average molecular weight is 660 g/mol. The van der Waals surface area contributed by atoms with Crippen LogP contribution < -0.4 is 14.8 Å². The molecule has 3 aromatic rings. The highest BCUT2D eigenvalue weighted by Crippen LogP contribution is 2.31. The minimum absolute atomic E-state index is 0.00179. The van der Waals surface area contributed by atoms with Crippen molar-refractivity contribution in [3.63, 3.8) is 0 Å². The summed E-state index contributed by atoms with van der Waals surface area (Å²) >= 11 is 1.25. The van der Waals surface area contributed by atoms with Crippen molar-refractivity contribution < 1.29 is 37.0 Å². The quantitative estimate of drug-likeness (QED) is 0.217. The first-order chi connectivity index (χ1) is 21.3. The zero-order valence-electron chi connectivity index (χ0n) is 25.7. The number of para-hydroxylation sites is 1. The number of sulfonamides is 1. The van der Waals surface area contributed by atoms with Gasteiger partial charge in [-0.1, -0.05) is 30.3 Å². The maximum atomic E-state index is 14.2. The summed E-state index contributed by atoms with van der Waals surface area (Å²) in [6.45, 7) is 5.13. The van der Waals surface area contributed by atoms with Crippen molar-refractivity contribution in [2.45, 2.75) is 49.2 Å². The van der Waals surface area contributed by atoms with Crippen molar-refractivity contribution in [2.24, 2.45) is 0 Å². The fourth-order valence-electron chi connectivity index (χ4n) is 4.40. The number of aromatic nitrogens is 2. The molecule has 15 heteroatoms. The van der Waals surface area contributed by atoms with Gasteiger partial charge in [0, 0.05) is 43.6 Å². The van der Waals surface area contributed by atoms with Gasteiger partial charge in [-0.05, 0) is 50.6 Å². The van der Waals surface area contributed by atoms with Gasteiger partial charge in [-0.25, -0.2) is 13.9 Å². The number of ether oxygens (including phenoxy) is 3. The molecule has 2 amide bonds. The molecule has 2 atom stereocenters. The monoisotopic (exact) mass is 659 g/mol. The zero-order valence-corrected chi connectivity index (χ0v) is 27.3. The standard InChI is InChI=1S/C30H37N5O8S2/c1-20-18-31-33-26(20)45(39,40)35(27(36)25-32-30(2,3)19-44-25)24(28(37)42-16-15-41-22-9-7-6-8-10-22)17-21-11-13-23(14-12-21)43-29(38)34(4)5/h6-14,18,24-25,32H,15-17,19H2,1-5H3,(H,31,33)/t24-,25-/m0/s1. The Bertz CT molecular complexity index is 1590. The fourth-order valence-corrected chi connectivity index (χ4v) is 7.45. The van der Waals surface area contributed by atoms with Crippen LogP contribution in [0.25, 0.3) is 0 Å². The van der Waals surface area contributed by atoms with Crippen molar-refractivity contribution in [1.29, 1.82) is 0 Å². The highest BCUT2D eigenvalue weighted by atomic mass is 32.2. The van der Waals surface area contributed by atoms with Gasteiger partial charge in [0.15, 0.2) is 5.03 Å². The second-order valence-corrected chi connectivity index (χ2v) is 14.0. The van der Waals surface area contributed by atoms with Crippen LogP contribution >= 0.6 is 11.8 Å². The maximum absolute atomic E-state index is 14.2. The normalized spacial score (nSPS) is 16.4. The number of aryl methyl sites for hydroxylation is 1. The molecule has 2 aromatic carbocycles. The summed E-state index contributed by atoms with van der Waals surface area (Å²) in [5.74, 6) is -0.414. The Balaban J connectivity index is 1.67. The molecule has 0 spiro atoms. The molecule has 4 rings (SSSR count). The summed E-state index contributed by atoms with van der Waals surface area (Å²) < 4.78 is 45.3. The molecule has 2 heterocycles. The van der Waals surface area contributed by atoms with Crippen LogP contribution in [0.15, 0.2) is 65.8 Å². The average Bonchev–Trinajstić information content (AvgIpc) is 3.61. The summed E-state index contributed by atoms with van der Waals surface area (Å²) in [6.07, 6.45) is 0.585. The predicted molar refractivity (Wildman–Crippen MR) is 167 cm³/mol. The summed E-state index contributed by atoms with van der Waals surface area (Å²) in [7, 11) is -1.56. The van der Waals surface area contributed by atoms with Crippen molar-refractivity contribution in [1.82, 2.24) is 24.7 Å². The van der Waals surface area contributed by atoms with E-state index in [1.165, 1.54) is 41.9 Å². The van der Waals surface area contributed by atoms with Crippen molar-refractivity contribution in [3.8, 4) is 11.5 Å². The molecule has 0 aliphatic carbocycles. The number of esters is 1. The number of thioether (sulfide) groups is 1. The van der Waals surface area contributed by atoms with Crippen molar-refractivity contribution >= 4 is 39.8 Å². The van der Waals surface area contributed by atoms with Crippen molar-refractivity contribution in [3.05, 3.63) is 71.9 Å². The topological polar surface area (TPSA) is 160 Å². The third-order valence-corrected chi connectivity index (χ3v) is 10.1. The third kappa shape index (κ3) is 8.55. The minimum Gasteiger partial charge on any atom is -0.490 e. The second kappa shape index (κ2) is 14.3. The molecule has 13 nitrogen and oxygen atoms in total. The van der Waals surface area contributed by atoms with Crippen LogP contribution in [-0.4, -0.2) is 95.8 Å². The molecule has 45 heavy (non-hydrogen) atoms. The van der Waals surface area contributed by atoms with Crippen LogP contribution in [0, 0.1) is 6.92 Å². The number of rotatable bonds is 12. The van der Waals surface area contributed by atoms with E-state index in [4.69, 9.17) is 14.2 Å². The van der Waals surface area contributed by atoms with Crippen LogP contribution in [0.2, 0.25) is 0 Å². The number of aromatic amines is 1. The third-order valence-electron chi connectivity index (χ3n) is 6.68. The smallest absolute Gasteiger partial charge is 0.414 e. The minimum atomic E-state index is -4.65. The number of carbonyl (C=O) groups excluding carboxylic acids is 3. The highest BCUT2D eigenvalue weighted by molar-refractivity contribution is 8.01. The van der Waals surface area contributed by atoms with E-state index in [1.807, 2.05) is 19.9 Å². The number of nitrogens with zero attached hydrogens (tertiary/aromatic N) is 3. The molecule has 2 N–H and O–H groups in total. The van der Waals surface area contributed by atoms with Crippen LogP contribution in [0.3, 0.4) is 0 Å². The van der Waals surface area contributed by atoms with Gasteiger partial charge in [-0.3, -0.25) is 15.2 Å². The lowest BCUT2D eigenvalue weighted by Crippen LogP contribution is -2.56. The molecular weight excluding hydrogens is 622 g/mol. The van der Waals surface area contributed by atoms with E-state index in [9.17, 15) is 22.8 Å². The Labute approximate surface area is 266 Å². The summed E-state index contributed by atoms with van der Waals surface area (Å²) in [5.41, 5.74) is 0.310. The number of hydrogen-bond donors (Lipinski definition) is 2. The lowest BCUT2D eigenvalue weighted by atomic mass is 10.1. The molecule has 1 fully saturated rings. The van der Waals surface area contributed by atoms with Crippen molar-refractivity contribution in [2.75, 3.05) is 33.1 Å². The predicted octanol–water partition coefficient (Wildman–Crippen LogP) is 2.97. The molecule has 1 aliphatic rings. The number of amides is 2. The molecule has 0 saturated carbocycles. The first kappa shape index (κ1) is 33.8. The van der Waals surface area contributed by atoms with Crippen LogP contribution in [0.4, 0.5) is 4.79 Å². The van der Waals surface area contributed by atoms with E-state index in [-0.39, 0.29) is 36.0 Å². The molecule has 0 unspecified atom stereocenters. The van der Waals surface area contributed by atoms with E-state index < -0.39 is 44.9 Å². The SMILES string of the molecule is Cc1c[nH]nc1S(=O)(=O)N(C(=O)[C@H]1NC(C)(C)CS1)[C@@H](Cc1ccc(OC(=O)N(C)C)cc1)C(=O)OCCOc1ccccc1. The van der Waals surface area contributed by atoms with Gasteiger partial charge in [0.25, 0.3) is 15.9 Å². The summed E-state index contributed by atoms with van der Waals surface area (Å²) in [5, 5.41) is 8.25. The molecule has 1 aromatic heterocycles. The lowest BCUT2D eigenvalue weighted by Gasteiger charge is -2.31. The largest absolute Gasteiger partial charge is 0.490 e. The first-order valence-electron chi connectivity index (χ1n) is 14.1. The van der Waals surface area contributed by atoms with E-state index in [0.717, 1.165) is 0 Å². The number of H-pyrrole nitrogens is 1. The van der Waals surface area contributed by atoms with E-state index >= 15 is 0 Å². The van der Waals surface area contributed by atoms with Gasteiger partial charge in [-0.2, -0.15) is 13.5 Å². The van der Waals surface area contributed by atoms with Gasteiger partial charge >= 0.3 is 12.1 Å². The van der Waals surface area contributed by atoms with Gasteiger partial charge in [-0.15, -0.1) is 11.8 Å². The van der Waals surface area contributed by atoms with Gasteiger partial charge in [0.2, 0.25) is 0 Å². The Hall–Kier alpha value is -4.08. The second-order valence-electron chi connectivity index (χ2n) is 11.2. The van der Waals surface area contributed by atoms with E-state index in [1.54, 1.807) is 50.5 Å². The Morgan fingerprint density at radius 3 is 2.31 bits per heavy atom. The van der Waals surface area contributed by atoms with Gasteiger partial charge in [0.05, 0.1) is 0 Å². The van der Waals surface area contributed by atoms with Crippen LogP contribution in [0.5, 0.6) is 11.5 Å². The Kier molecular flexibility index (Phi) is 10.8.